The van der Waals surface area contributed by atoms with Crippen LogP contribution in [-0.4, -0.2) is 15.8 Å². The van der Waals surface area contributed by atoms with Gasteiger partial charge in [-0.1, -0.05) is 6.58 Å². The minimum Gasteiger partial charge on any atom is -0.431 e. The molecule has 17 heavy (non-hydrogen) atoms. The fraction of sp³-hybridized carbons (Fsp3) is 0. The lowest BCUT2D eigenvalue weighted by molar-refractivity contribution is -0.394. The summed E-state index contributed by atoms with van der Waals surface area (Å²) in [5, 5.41) is 21.1. The fourth-order valence-corrected chi connectivity index (χ4v) is 1.10. The summed E-state index contributed by atoms with van der Waals surface area (Å²) in [6, 6.07) is 2.63. The number of non-ortho nitro benzene ring substituents is 1. The molecule has 0 bridgehead atoms. The molecule has 0 saturated carbocycles. The zero-order valence-corrected chi connectivity index (χ0v) is 8.36. The van der Waals surface area contributed by atoms with Crippen LogP contribution >= 0.6 is 0 Å². The number of nitro groups is 2. The molecule has 88 valence electrons. The highest BCUT2D eigenvalue weighted by Crippen LogP contribution is 2.25. The molecule has 0 spiro atoms. The summed E-state index contributed by atoms with van der Waals surface area (Å²) >= 11 is 0. The average molecular weight is 238 g/mol. The van der Waals surface area contributed by atoms with Gasteiger partial charge < -0.3 is 4.74 Å². The van der Waals surface area contributed by atoms with Gasteiger partial charge in [0.05, 0.1) is 22.2 Å². The summed E-state index contributed by atoms with van der Waals surface area (Å²) in [7, 11) is 0. The van der Waals surface area contributed by atoms with E-state index in [-0.39, 0.29) is 5.56 Å². The highest BCUT2D eigenvalue weighted by Gasteiger charge is 2.24. The van der Waals surface area contributed by atoms with E-state index in [1.807, 2.05) is 0 Å². The third-order valence-corrected chi connectivity index (χ3v) is 1.80. The number of carbonyl (C=O) groups excluding carboxylic acids is 1. The van der Waals surface area contributed by atoms with Gasteiger partial charge in [-0.2, -0.15) is 0 Å². The van der Waals surface area contributed by atoms with Gasteiger partial charge in [0.1, 0.15) is 5.56 Å². The highest BCUT2D eigenvalue weighted by molar-refractivity contribution is 5.94. The van der Waals surface area contributed by atoms with Crippen molar-refractivity contribution in [3.05, 3.63) is 56.8 Å². The number of esters is 1. The van der Waals surface area contributed by atoms with Crippen molar-refractivity contribution < 1.29 is 19.4 Å². The number of ether oxygens (including phenoxy) is 1. The standard InChI is InChI=1S/C9H6N2O6/c1-2-17-9(12)7-4-3-6(10(13)14)5-8(7)11(15)16/h2-5H,1H2. The Morgan fingerprint density at radius 3 is 2.41 bits per heavy atom. The summed E-state index contributed by atoms with van der Waals surface area (Å²) in [4.78, 5) is 30.7. The molecule has 0 heterocycles. The molecular weight excluding hydrogens is 232 g/mol. The van der Waals surface area contributed by atoms with Crippen molar-refractivity contribution in [2.75, 3.05) is 0 Å². The monoisotopic (exact) mass is 238 g/mol. The number of hydrogen-bond donors (Lipinski definition) is 0. The Morgan fingerprint density at radius 1 is 1.29 bits per heavy atom. The molecule has 8 heteroatoms. The Hall–Kier alpha value is -2.77. The Balaban J connectivity index is 3.31. The molecule has 0 fully saturated rings. The predicted octanol–water partition coefficient (Wildman–Crippen LogP) is 1.80. The van der Waals surface area contributed by atoms with Crippen LogP contribution in [0.15, 0.2) is 31.0 Å². The van der Waals surface area contributed by atoms with Gasteiger partial charge in [0.2, 0.25) is 0 Å². The van der Waals surface area contributed by atoms with Crippen LogP contribution in [0.2, 0.25) is 0 Å². The molecule has 0 aliphatic carbocycles. The molecule has 1 rings (SSSR count). The maximum Gasteiger partial charge on any atom is 0.349 e. The highest BCUT2D eigenvalue weighted by atomic mass is 16.6. The Kier molecular flexibility index (Phi) is 3.50. The van der Waals surface area contributed by atoms with Gasteiger partial charge in [0.25, 0.3) is 11.4 Å². The lowest BCUT2D eigenvalue weighted by atomic mass is 10.1. The van der Waals surface area contributed by atoms with Crippen LogP contribution < -0.4 is 0 Å². The van der Waals surface area contributed by atoms with E-state index in [4.69, 9.17) is 0 Å². The molecule has 0 aliphatic rings. The maximum absolute atomic E-state index is 11.3. The van der Waals surface area contributed by atoms with Gasteiger partial charge >= 0.3 is 5.97 Å². The SMILES string of the molecule is C=COC(=O)c1ccc([N+](=O)[O-])cc1[N+](=O)[O-]. The Morgan fingerprint density at radius 2 is 1.94 bits per heavy atom. The molecule has 0 aliphatic heterocycles. The van der Waals surface area contributed by atoms with Gasteiger partial charge in [0, 0.05) is 6.07 Å². The fourth-order valence-electron chi connectivity index (χ4n) is 1.10. The normalized spacial score (nSPS) is 9.41. The molecule has 0 atom stereocenters. The van der Waals surface area contributed by atoms with E-state index in [1.165, 1.54) is 0 Å². The van der Waals surface area contributed by atoms with Crippen molar-refractivity contribution in [3.63, 3.8) is 0 Å². The second-order valence-corrected chi connectivity index (χ2v) is 2.79. The Labute approximate surface area is 94.4 Å². The van der Waals surface area contributed by atoms with Crippen LogP contribution in [0.4, 0.5) is 11.4 Å². The number of rotatable bonds is 4. The largest absolute Gasteiger partial charge is 0.431 e. The van der Waals surface area contributed by atoms with Gasteiger partial charge in [0.15, 0.2) is 0 Å². The summed E-state index contributed by atoms with van der Waals surface area (Å²) in [5.41, 5.74) is -1.54. The van der Waals surface area contributed by atoms with Crippen molar-refractivity contribution >= 4 is 17.3 Å². The van der Waals surface area contributed by atoms with E-state index < -0.39 is 27.2 Å². The van der Waals surface area contributed by atoms with Gasteiger partial charge in [-0.15, -0.1) is 0 Å². The van der Waals surface area contributed by atoms with Gasteiger partial charge in [-0.3, -0.25) is 20.2 Å². The molecule has 0 radical (unpaired) electrons. The van der Waals surface area contributed by atoms with E-state index in [0.29, 0.717) is 6.07 Å². The summed E-state index contributed by atoms with van der Waals surface area (Å²) in [6.07, 6.45) is 0.813. The van der Waals surface area contributed by atoms with Gasteiger partial charge in [-0.25, -0.2) is 4.79 Å². The quantitative estimate of drug-likeness (QED) is 0.342. The molecule has 0 aromatic heterocycles. The molecule has 0 saturated heterocycles. The molecule has 0 N–H and O–H groups in total. The first-order valence-corrected chi connectivity index (χ1v) is 4.22. The zero-order chi connectivity index (χ0) is 13.0. The van der Waals surface area contributed by atoms with Gasteiger partial charge in [-0.05, 0) is 6.07 Å². The van der Waals surface area contributed by atoms with Crippen LogP contribution in [0.1, 0.15) is 10.4 Å². The number of benzene rings is 1. The van der Waals surface area contributed by atoms with Crippen LogP contribution in [0.5, 0.6) is 0 Å². The maximum atomic E-state index is 11.3. The molecule has 1 aromatic rings. The first kappa shape index (κ1) is 12.3. The predicted molar refractivity (Wildman–Crippen MR) is 55.4 cm³/mol. The average Bonchev–Trinajstić information content (AvgIpc) is 2.28. The minimum absolute atomic E-state index is 0.375. The number of carbonyl (C=O) groups is 1. The Bertz CT molecular complexity index is 510. The number of nitro benzene ring substituents is 2. The van der Waals surface area contributed by atoms with Crippen LogP contribution in [0, 0.1) is 20.2 Å². The molecule has 1 aromatic carbocycles. The molecule has 8 nitrogen and oxygen atoms in total. The van der Waals surface area contributed by atoms with Crippen molar-refractivity contribution in [1.29, 1.82) is 0 Å². The van der Waals surface area contributed by atoms with E-state index in [1.54, 1.807) is 0 Å². The first-order valence-electron chi connectivity index (χ1n) is 4.22. The lowest BCUT2D eigenvalue weighted by Gasteiger charge is -2.00. The number of nitrogens with zero attached hydrogens (tertiary/aromatic N) is 2. The van der Waals surface area contributed by atoms with E-state index >= 15 is 0 Å². The van der Waals surface area contributed by atoms with E-state index in [2.05, 4.69) is 11.3 Å². The topological polar surface area (TPSA) is 113 Å². The summed E-state index contributed by atoms with van der Waals surface area (Å²) in [5.74, 6) is -0.999. The van der Waals surface area contributed by atoms with E-state index in [9.17, 15) is 25.0 Å². The number of hydrogen-bond acceptors (Lipinski definition) is 6. The van der Waals surface area contributed by atoms with Crippen LogP contribution in [0.3, 0.4) is 0 Å². The van der Waals surface area contributed by atoms with Crippen molar-refractivity contribution in [1.82, 2.24) is 0 Å². The summed E-state index contributed by atoms with van der Waals surface area (Å²) in [6.45, 7) is 3.13. The van der Waals surface area contributed by atoms with Crippen molar-refractivity contribution in [3.8, 4) is 0 Å². The second-order valence-electron chi connectivity index (χ2n) is 2.79. The van der Waals surface area contributed by atoms with E-state index in [0.717, 1.165) is 18.4 Å². The van der Waals surface area contributed by atoms with Crippen molar-refractivity contribution in [2.45, 2.75) is 0 Å². The first-order chi connectivity index (χ1) is 7.97. The van der Waals surface area contributed by atoms with Crippen molar-refractivity contribution in [2.24, 2.45) is 0 Å². The molecular formula is C9H6N2O6. The summed E-state index contributed by atoms with van der Waals surface area (Å²) < 4.78 is 4.37. The molecule has 0 amide bonds. The lowest BCUT2D eigenvalue weighted by Crippen LogP contribution is -2.05. The second kappa shape index (κ2) is 4.84. The van der Waals surface area contributed by atoms with Crippen LogP contribution in [-0.2, 0) is 4.74 Å². The molecule has 0 unspecified atom stereocenters. The third-order valence-electron chi connectivity index (χ3n) is 1.80. The smallest absolute Gasteiger partial charge is 0.349 e. The third kappa shape index (κ3) is 2.62. The zero-order valence-electron chi connectivity index (χ0n) is 8.36. The minimum atomic E-state index is -0.999. The van der Waals surface area contributed by atoms with Crippen LogP contribution in [0.25, 0.3) is 0 Å².